The summed E-state index contributed by atoms with van der Waals surface area (Å²) in [4.78, 5) is 2.36. The molecule has 1 aliphatic rings. The zero-order chi connectivity index (χ0) is 12.3. The number of hydrogen-bond acceptors (Lipinski definition) is 2. The second-order valence-electron chi connectivity index (χ2n) is 4.96. The lowest BCUT2D eigenvalue weighted by Crippen LogP contribution is -2.42. The molecule has 0 bridgehead atoms. The van der Waals surface area contributed by atoms with Gasteiger partial charge in [0.15, 0.2) is 0 Å². The monoisotopic (exact) mass is 296 g/mol. The van der Waals surface area contributed by atoms with Crippen molar-refractivity contribution in [2.24, 2.45) is 0 Å². The van der Waals surface area contributed by atoms with Crippen molar-refractivity contribution in [1.82, 2.24) is 5.32 Å². The van der Waals surface area contributed by atoms with E-state index in [-0.39, 0.29) is 0 Å². The molecule has 0 aromatic heterocycles. The molecular weight excluding hydrogens is 276 g/mol. The summed E-state index contributed by atoms with van der Waals surface area (Å²) in [5.74, 6) is 0. The summed E-state index contributed by atoms with van der Waals surface area (Å²) in [5, 5.41) is 3.60. The fourth-order valence-corrected chi connectivity index (χ4v) is 2.85. The molecule has 2 nitrogen and oxygen atoms in total. The number of hydrogen-bond donors (Lipinski definition) is 1. The maximum absolute atomic E-state index is 3.60. The van der Waals surface area contributed by atoms with Crippen molar-refractivity contribution < 1.29 is 0 Å². The number of aryl methyl sites for hydroxylation is 1. The Labute approximate surface area is 113 Å². The largest absolute Gasteiger partial charge is 0.373 e. The minimum absolute atomic E-state index is 0.645. The van der Waals surface area contributed by atoms with E-state index in [1.54, 1.807) is 0 Å². The lowest BCUT2D eigenvalue weighted by atomic mass is 10.0. The lowest BCUT2D eigenvalue weighted by molar-refractivity contribution is 0.403. The Hall–Kier alpha value is -0.540. The number of anilines is 1. The number of rotatable bonds is 3. The molecule has 0 aliphatic carbocycles. The van der Waals surface area contributed by atoms with Crippen LogP contribution in [0.5, 0.6) is 0 Å². The van der Waals surface area contributed by atoms with Gasteiger partial charge in [-0.1, -0.05) is 28.4 Å². The summed E-state index contributed by atoms with van der Waals surface area (Å²) in [6.07, 6.45) is 4.00. The molecule has 1 saturated heterocycles. The maximum atomic E-state index is 3.60. The average molecular weight is 297 g/mol. The Bertz CT molecular complexity index is 372. The molecule has 1 atom stereocenters. The van der Waals surface area contributed by atoms with Crippen molar-refractivity contribution in [2.45, 2.75) is 32.2 Å². The van der Waals surface area contributed by atoms with E-state index in [2.05, 4.69) is 58.3 Å². The first kappa shape index (κ1) is 12.9. The number of likely N-dealkylation sites (N-methyl/N-ethyl adjacent to an activating group) is 1. The highest BCUT2D eigenvalue weighted by molar-refractivity contribution is 9.10. The molecule has 1 aliphatic heterocycles. The van der Waals surface area contributed by atoms with Gasteiger partial charge in [0.1, 0.15) is 0 Å². The van der Waals surface area contributed by atoms with Crippen LogP contribution >= 0.6 is 15.9 Å². The Morgan fingerprint density at radius 3 is 2.94 bits per heavy atom. The molecule has 3 heteroatoms. The van der Waals surface area contributed by atoms with Crippen LogP contribution < -0.4 is 10.2 Å². The summed E-state index contributed by atoms with van der Waals surface area (Å²) >= 11 is 3.55. The van der Waals surface area contributed by atoms with Gasteiger partial charge in [-0.3, -0.25) is 0 Å². The molecule has 1 heterocycles. The molecule has 1 aromatic rings. The van der Waals surface area contributed by atoms with E-state index in [4.69, 9.17) is 0 Å². The topological polar surface area (TPSA) is 15.3 Å². The first-order valence-corrected chi connectivity index (χ1v) is 7.17. The summed E-state index contributed by atoms with van der Waals surface area (Å²) in [6, 6.07) is 7.13. The van der Waals surface area contributed by atoms with E-state index in [0.29, 0.717) is 6.04 Å². The molecule has 1 N–H and O–H groups in total. The standard InChI is InChI=1S/C14H21BrN2/c1-11-6-7-12(15)9-14(11)17(2)10-13-5-3-4-8-16-13/h6-7,9,13,16H,3-5,8,10H2,1-2H3. The molecule has 94 valence electrons. The zero-order valence-electron chi connectivity index (χ0n) is 10.7. The fourth-order valence-electron chi connectivity index (χ4n) is 2.50. The van der Waals surface area contributed by atoms with Crippen LogP contribution in [-0.4, -0.2) is 26.2 Å². The molecule has 2 rings (SSSR count). The van der Waals surface area contributed by atoms with Crippen LogP contribution in [0.4, 0.5) is 5.69 Å². The predicted octanol–water partition coefficient (Wildman–Crippen LogP) is 3.34. The highest BCUT2D eigenvalue weighted by Gasteiger charge is 2.15. The third-order valence-corrected chi connectivity index (χ3v) is 3.98. The molecular formula is C14H21BrN2. The van der Waals surface area contributed by atoms with Crippen LogP contribution in [0.25, 0.3) is 0 Å². The van der Waals surface area contributed by atoms with Crippen LogP contribution in [-0.2, 0) is 0 Å². The molecule has 0 saturated carbocycles. The third-order valence-electron chi connectivity index (χ3n) is 3.49. The van der Waals surface area contributed by atoms with Gasteiger partial charge in [-0.05, 0) is 44.0 Å². The third kappa shape index (κ3) is 3.46. The van der Waals surface area contributed by atoms with Gasteiger partial charge in [-0.2, -0.15) is 0 Å². The van der Waals surface area contributed by atoms with Crippen molar-refractivity contribution in [3.05, 3.63) is 28.2 Å². The lowest BCUT2D eigenvalue weighted by Gasteiger charge is -2.30. The van der Waals surface area contributed by atoms with Gasteiger partial charge in [0.05, 0.1) is 0 Å². The predicted molar refractivity (Wildman–Crippen MR) is 77.8 cm³/mol. The summed E-state index contributed by atoms with van der Waals surface area (Å²) in [6.45, 7) is 4.44. The minimum atomic E-state index is 0.645. The van der Waals surface area contributed by atoms with Crippen LogP contribution in [0.15, 0.2) is 22.7 Å². The van der Waals surface area contributed by atoms with E-state index >= 15 is 0 Å². The Kier molecular flexibility index (Phi) is 4.46. The van der Waals surface area contributed by atoms with Crippen molar-refractivity contribution in [3.8, 4) is 0 Å². The van der Waals surface area contributed by atoms with Crippen molar-refractivity contribution in [2.75, 3.05) is 25.0 Å². The highest BCUT2D eigenvalue weighted by atomic mass is 79.9. The summed E-state index contributed by atoms with van der Waals surface area (Å²) < 4.78 is 1.15. The molecule has 0 amide bonds. The quantitative estimate of drug-likeness (QED) is 0.920. The van der Waals surface area contributed by atoms with Gasteiger partial charge in [-0.15, -0.1) is 0 Å². The number of nitrogens with zero attached hydrogens (tertiary/aromatic N) is 1. The molecule has 17 heavy (non-hydrogen) atoms. The van der Waals surface area contributed by atoms with Crippen LogP contribution in [0.3, 0.4) is 0 Å². The number of benzene rings is 1. The Morgan fingerprint density at radius 2 is 2.24 bits per heavy atom. The van der Waals surface area contributed by atoms with Gasteiger partial charge < -0.3 is 10.2 Å². The van der Waals surface area contributed by atoms with Crippen LogP contribution in [0.1, 0.15) is 24.8 Å². The van der Waals surface area contributed by atoms with Gasteiger partial charge in [-0.25, -0.2) is 0 Å². The molecule has 1 fully saturated rings. The first-order chi connectivity index (χ1) is 8.16. The maximum Gasteiger partial charge on any atom is 0.0405 e. The van der Waals surface area contributed by atoms with Crippen LogP contribution in [0, 0.1) is 6.92 Å². The van der Waals surface area contributed by atoms with E-state index in [1.807, 2.05) is 0 Å². The van der Waals surface area contributed by atoms with E-state index in [0.717, 1.165) is 11.0 Å². The number of halogens is 1. The smallest absolute Gasteiger partial charge is 0.0405 e. The molecule has 1 aromatic carbocycles. The van der Waals surface area contributed by atoms with E-state index < -0.39 is 0 Å². The van der Waals surface area contributed by atoms with Gasteiger partial charge in [0.25, 0.3) is 0 Å². The van der Waals surface area contributed by atoms with E-state index in [1.165, 1.54) is 37.1 Å². The Balaban J connectivity index is 2.02. The molecule has 1 unspecified atom stereocenters. The van der Waals surface area contributed by atoms with Gasteiger partial charge in [0.2, 0.25) is 0 Å². The summed E-state index contributed by atoms with van der Waals surface area (Å²) in [7, 11) is 2.19. The molecule has 0 radical (unpaired) electrons. The highest BCUT2D eigenvalue weighted by Crippen LogP contribution is 2.24. The van der Waals surface area contributed by atoms with Crippen molar-refractivity contribution >= 4 is 21.6 Å². The van der Waals surface area contributed by atoms with Crippen molar-refractivity contribution in [3.63, 3.8) is 0 Å². The second-order valence-corrected chi connectivity index (χ2v) is 5.87. The zero-order valence-corrected chi connectivity index (χ0v) is 12.3. The van der Waals surface area contributed by atoms with Gasteiger partial charge in [0, 0.05) is 29.8 Å². The SMILES string of the molecule is Cc1ccc(Br)cc1N(C)CC1CCCCN1. The fraction of sp³-hybridized carbons (Fsp3) is 0.571. The average Bonchev–Trinajstić information content (AvgIpc) is 2.33. The summed E-state index contributed by atoms with van der Waals surface area (Å²) in [5.41, 5.74) is 2.67. The van der Waals surface area contributed by atoms with Crippen molar-refractivity contribution in [1.29, 1.82) is 0 Å². The molecule has 0 spiro atoms. The van der Waals surface area contributed by atoms with Gasteiger partial charge >= 0.3 is 0 Å². The van der Waals surface area contributed by atoms with Crippen LogP contribution in [0.2, 0.25) is 0 Å². The van der Waals surface area contributed by atoms with E-state index in [9.17, 15) is 0 Å². The second kappa shape index (κ2) is 5.87. The number of nitrogens with one attached hydrogen (secondary N) is 1. The normalized spacial score (nSPS) is 20.3. The first-order valence-electron chi connectivity index (χ1n) is 6.37. The minimum Gasteiger partial charge on any atom is -0.373 e. The number of piperidine rings is 1. The Morgan fingerprint density at radius 1 is 1.41 bits per heavy atom.